The molecule has 0 aliphatic rings. The molecule has 1 unspecified atom stereocenters. The van der Waals surface area contributed by atoms with Crippen molar-refractivity contribution in [1.29, 1.82) is 0 Å². The molecule has 0 saturated heterocycles. The predicted octanol–water partition coefficient (Wildman–Crippen LogP) is 2.45. The van der Waals surface area contributed by atoms with Crippen molar-refractivity contribution in [2.45, 2.75) is 25.8 Å². The number of nitro benzene ring substituents is 1. The summed E-state index contributed by atoms with van der Waals surface area (Å²) in [6.45, 7) is 2.02. The van der Waals surface area contributed by atoms with Crippen LogP contribution in [-0.2, 0) is 0 Å². The van der Waals surface area contributed by atoms with Crippen LogP contribution in [0.15, 0.2) is 22.7 Å². The third kappa shape index (κ3) is 3.16. The highest BCUT2D eigenvalue weighted by Gasteiger charge is 2.19. The van der Waals surface area contributed by atoms with Crippen molar-refractivity contribution in [2.24, 2.45) is 5.73 Å². The van der Waals surface area contributed by atoms with Gasteiger partial charge in [0.1, 0.15) is 0 Å². The van der Waals surface area contributed by atoms with E-state index in [-0.39, 0.29) is 23.4 Å². The normalized spacial score (nSPS) is 12.1. The van der Waals surface area contributed by atoms with Crippen molar-refractivity contribution in [3.8, 4) is 17.2 Å². The quantitative estimate of drug-likeness (QED) is 0.641. The number of hydrogen-bond donors (Lipinski definition) is 1. The van der Waals surface area contributed by atoms with Crippen LogP contribution in [0, 0.1) is 10.1 Å². The number of rotatable bonds is 6. The molecule has 0 spiro atoms. The smallest absolute Gasteiger partial charge is 0.310 e. The molecule has 0 saturated carbocycles. The number of nitro groups is 1. The number of aromatic nitrogens is 2. The fraction of sp³-hybridized carbons (Fsp3) is 0.385. The first-order valence-corrected chi connectivity index (χ1v) is 6.48. The lowest BCUT2D eigenvalue weighted by Crippen LogP contribution is -2.11. The standard InChI is InChI=1S/C13H16N4O4/c1-3-4-9(14)12-15-13(21-16-12)8-5-6-10(17(18)19)11(7-8)20-2/h5-7,9H,3-4,14H2,1-2H3. The molecule has 2 rings (SSSR count). The average molecular weight is 292 g/mol. The van der Waals surface area contributed by atoms with E-state index in [0.717, 1.165) is 12.8 Å². The summed E-state index contributed by atoms with van der Waals surface area (Å²) < 4.78 is 10.2. The maximum absolute atomic E-state index is 10.9. The molecule has 0 amide bonds. The Labute approximate surface area is 121 Å². The molecule has 21 heavy (non-hydrogen) atoms. The van der Waals surface area contributed by atoms with E-state index >= 15 is 0 Å². The lowest BCUT2D eigenvalue weighted by atomic mass is 10.1. The highest BCUT2D eigenvalue weighted by Crippen LogP contribution is 2.31. The molecule has 0 fully saturated rings. The zero-order valence-electron chi connectivity index (χ0n) is 11.8. The molecule has 0 aliphatic heterocycles. The first-order valence-electron chi connectivity index (χ1n) is 6.48. The molecular formula is C13H16N4O4. The maximum atomic E-state index is 10.9. The number of ether oxygens (including phenoxy) is 1. The summed E-state index contributed by atoms with van der Waals surface area (Å²) >= 11 is 0. The van der Waals surface area contributed by atoms with Crippen molar-refractivity contribution >= 4 is 5.69 Å². The molecule has 0 radical (unpaired) electrons. The van der Waals surface area contributed by atoms with E-state index in [0.29, 0.717) is 11.4 Å². The fourth-order valence-corrected chi connectivity index (χ4v) is 1.90. The molecule has 8 nitrogen and oxygen atoms in total. The highest BCUT2D eigenvalue weighted by molar-refractivity contribution is 5.61. The summed E-state index contributed by atoms with van der Waals surface area (Å²) in [5, 5.41) is 14.7. The average Bonchev–Trinajstić information content (AvgIpc) is 2.96. The molecule has 0 aliphatic carbocycles. The molecular weight excluding hydrogens is 276 g/mol. The lowest BCUT2D eigenvalue weighted by molar-refractivity contribution is -0.385. The van der Waals surface area contributed by atoms with Crippen LogP contribution >= 0.6 is 0 Å². The number of methoxy groups -OCH3 is 1. The molecule has 1 heterocycles. The van der Waals surface area contributed by atoms with Gasteiger partial charge in [-0.2, -0.15) is 4.98 Å². The number of nitrogens with zero attached hydrogens (tertiary/aromatic N) is 3. The van der Waals surface area contributed by atoms with Gasteiger partial charge in [-0.05, 0) is 12.5 Å². The second-order valence-corrected chi connectivity index (χ2v) is 4.50. The van der Waals surface area contributed by atoms with Crippen LogP contribution in [-0.4, -0.2) is 22.2 Å². The molecule has 2 aromatic rings. The second-order valence-electron chi connectivity index (χ2n) is 4.50. The van der Waals surface area contributed by atoms with Crippen LogP contribution < -0.4 is 10.5 Å². The molecule has 112 valence electrons. The van der Waals surface area contributed by atoms with E-state index in [1.165, 1.54) is 25.3 Å². The van der Waals surface area contributed by atoms with Gasteiger partial charge in [0.05, 0.1) is 18.1 Å². The summed E-state index contributed by atoms with van der Waals surface area (Å²) in [6, 6.07) is 4.07. The van der Waals surface area contributed by atoms with Crippen molar-refractivity contribution in [1.82, 2.24) is 10.1 Å². The minimum atomic E-state index is -0.515. The Balaban J connectivity index is 2.32. The van der Waals surface area contributed by atoms with Gasteiger partial charge in [-0.1, -0.05) is 18.5 Å². The predicted molar refractivity (Wildman–Crippen MR) is 74.8 cm³/mol. The summed E-state index contributed by atoms with van der Waals surface area (Å²) in [4.78, 5) is 14.6. The van der Waals surface area contributed by atoms with E-state index in [1.807, 2.05) is 6.92 Å². The van der Waals surface area contributed by atoms with Crippen molar-refractivity contribution in [2.75, 3.05) is 7.11 Å². The molecule has 1 atom stereocenters. The molecule has 8 heteroatoms. The maximum Gasteiger partial charge on any atom is 0.310 e. The Morgan fingerprint density at radius 3 is 2.90 bits per heavy atom. The largest absolute Gasteiger partial charge is 0.490 e. The monoisotopic (exact) mass is 292 g/mol. The summed E-state index contributed by atoms with van der Waals surface area (Å²) in [5.41, 5.74) is 6.34. The minimum Gasteiger partial charge on any atom is -0.490 e. The minimum absolute atomic E-state index is 0.122. The van der Waals surface area contributed by atoms with Crippen LogP contribution in [0.5, 0.6) is 5.75 Å². The van der Waals surface area contributed by atoms with E-state index in [9.17, 15) is 10.1 Å². The lowest BCUT2D eigenvalue weighted by Gasteiger charge is -2.03. The highest BCUT2D eigenvalue weighted by atomic mass is 16.6. The third-order valence-electron chi connectivity index (χ3n) is 3.00. The van der Waals surface area contributed by atoms with Crippen molar-refractivity contribution in [3.63, 3.8) is 0 Å². The Kier molecular flexibility index (Phi) is 4.49. The van der Waals surface area contributed by atoms with Crippen molar-refractivity contribution < 1.29 is 14.2 Å². The van der Waals surface area contributed by atoms with Gasteiger partial charge in [0.25, 0.3) is 5.89 Å². The summed E-state index contributed by atoms with van der Waals surface area (Å²) in [7, 11) is 1.36. The molecule has 1 aromatic carbocycles. The van der Waals surface area contributed by atoms with Gasteiger partial charge < -0.3 is 15.0 Å². The number of nitrogens with two attached hydrogens (primary N) is 1. The summed E-state index contributed by atoms with van der Waals surface area (Å²) in [6.07, 6.45) is 1.67. The molecule has 0 bridgehead atoms. The van der Waals surface area contributed by atoms with Gasteiger partial charge in [0, 0.05) is 17.7 Å². The van der Waals surface area contributed by atoms with E-state index in [2.05, 4.69) is 10.1 Å². The van der Waals surface area contributed by atoms with E-state index < -0.39 is 4.92 Å². The Morgan fingerprint density at radius 1 is 1.52 bits per heavy atom. The second kappa shape index (κ2) is 6.31. The van der Waals surface area contributed by atoms with E-state index in [4.69, 9.17) is 15.0 Å². The van der Waals surface area contributed by atoms with Crippen LogP contribution in [0.2, 0.25) is 0 Å². The van der Waals surface area contributed by atoms with Crippen molar-refractivity contribution in [3.05, 3.63) is 34.1 Å². The zero-order valence-corrected chi connectivity index (χ0v) is 11.8. The van der Waals surface area contributed by atoms with Crippen LogP contribution in [0.4, 0.5) is 5.69 Å². The third-order valence-corrected chi connectivity index (χ3v) is 3.00. The van der Waals surface area contributed by atoms with Crippen LogP contribution in [0.3, 0.4) is 0 Å². The van der Waals surface area contributed by atoms with Gasteiger partial charge in [-0.25, -0.2) is 0 Å². The van der Waals surface area contributed by atoms with Gasteiger partial charge in [0.2, 0.25) is 0 Å². The zero-order chi connectivity index (χ0) is 15.4. The van der Waals surface area contributed by atoms with E-state index in [1.54, 1.807) is 0 Å². The van der Waals surface area contributed by atoms with Gasteiger partial charge in [0.15, 0.2) is 11.6 Å². The van der Waals surface area contributed by atoms with Gasteiger partial charge >= 0.3 is 5.69 Å². The first kappa shape index (κ1) is 14.9. The van der Waals surface area contributed by atoms with Crippen LogP contribution in [0.25, 0.3) is 11.5 Å². The topological polar surface area (TPSA) is 117 Å². The Bertz CT molecular complexity index is 641. The first-order chi connectivity index (χ1) is 10.1. The molecule has 1 aromatic heterocycles. The van der Waals surface area contributed by atoms with Crippen LogP contribution in [0.1, 0.15) is 31.6 Å². The number of hydrogen-bond acceptors (Lipinski definition) is 7. The SMILES string of the molecule is CCCC(N)c1noc(-c2ccc([N+](=O)[O-])c(OC)c2)n1. The molecule has 2 N–H and O–H groups in total. The Morgan fingerprint density at radius 2 is 2.29 bits per heavy atom. The summed E-state index contributed by atoms with van der Waals surface area (Å²) in [5.74, 6) is 0.809. The van der Waals surface area contributed by atoms with Gasteiger partial charge in [-0.15, -0.1) is 0 Å². The number of benzene rings is 1. The fourth-order valence-electron chi connectivity index (χ4n) is 1.90. The van der Waals surface area contributed by atoms with Gasteiger partial charge in [-0.3, -0.25) is 10.1 Å². The Hall–Kier alpha value is -2.48.